The van der Waals surface area contributed by atoms with Crippen molar-refractivity contribution in [2.45, 2.75) is 52.1 Å². The molecule has 1 rings (SSSR count). The lowest BCUT2D eigenvalue weighted by atomic mass is 9.74. The Morgan fingerprint density at radius 1 is 1.32 bits per heavy atom. The highest BCUT2D eigenvalue weighted by Crippen LogP contribution is 2.37. The number of hydrogen-bond donors (Lipinski definition) is 1. The van der Waals surface area contributed by atoms with Gasteiger partial charge < -0.3 is 10.5 Å². The molecule has 0 unspecified atom stereocenters. The topological polar surface area (TPSA) is 69.4 Å². The van der Waals surface area contributed by atoms with Gasteiger partial charge in [-0.2, -0.15) is 0 Å². The van der Waals surface area contributed by atoms with Gasteiger partial charge >= 0.3 is 0 Å². The van der Waals surface area contributed by atoms with Gasteiger partial charge in [-0.25, -0.2) is 8.42 Å². The van der Waals surface area contributed by atoms with Gasteiger partial charge in [-0.3, -0.25) is 0 Å². The van der Waals surface area contributed by atoms with E-state index >= 15 is 0 Å². The smallest absolute Gasteiger partial charge is 0.152 e. The zero-order chi connectivity index (χ0) is 14.5. The van der Waals surface area contributed by atoms with Crippen molar-refractivity contribution in [3.63, 3.8) is 0 Å². The fraction of sp³-hybridized carbons (Fsp3) is 1.00. The number of ether oxygens (including phenoxy) is 1. The molecule has 0 saturated heterocycles. The average Bonchev–Trinajstić information content (AvgIpc) is 2.39. The summed E-state index contributed by atoms with van der Waals surface area (Å²) < 4.78 is 28.8. The van der Waals surface area contributed by atoms with E-state index in [9.17, 15) is 8.42 Å². The molecule has 0 atom stereocenters. The largest absolute Gasteiger partial charge is 0.373 e. The highest BCUT2D eigenvalue weighted by Gasteiger charge is 2.36. The Labute approximate surface area is 118 Å². The van der Waals surface area contributed by atoms with E-state index in [0.29, 0.717) is 12.5 Å². The molecule has 0 amide bonds. The Kier molecular flexibility index (Phi) is 6.27. The second-order valence-corrected chi connectivity index (χ2v) is 8.53. The summed E-state index contributed by atoms with van der Waals surface area (Å²) in [5.41, 5.74) is 5.58. The van der Waals surface area contributed by atoms with Gasteiger partial charge in [0.2, 0.25) is 0 Å². The van der Waals surface area contributed by atoms with Crippen molar-refractivity contribution in [2.24, 2.45) is 17.6 Å². The van der Waals surface area contributed by atoms with Crippen LogP contribution in [0.5, 0.6) is 0 Å². The van der Waals surface area contributed by atoms with Crippen molar-refractivity contribution >= 4 is 9.84 Å². The van der Waals surface area contributed by atoms with Crippen LogP contribution in [0.3, 0.4) is 0 Å². The van der Waals surface area contributed by atoms with Gasteiger partial charge in [0, 0.05) is 12.3 Å². The predicted molar refractivity (Wildman–Crippen MR) is 78.9 cm³/mol. The van der Waals surface area contributed by atoms with Crippen LogP contribution in [0.2, 0.25) is 0 Å². The fourth-order valence-corrected chi connectivity index (χ4v) is 3.40. The maximum Gasteiger partial charge on any atom is 0.152 e. The van der Waals surface area contributed by atoms with Crippen molar-refractivity contribution < 1.29 is 13.2 Å². The van der Waals surface area contributed by atoms with E-state index in [0.717, 1.165) is 31.6 Å². The quantitative estimate of drug-likeness (QED) is 0.778. The molecule has 1 fully saturated rings. The van der Waals surface area contributed by atoms with Crippen LogP contribution in [0.25, 0.3) is 0 Å². The van der Waals surface area contributed by atoms with E-state index in [1.807, 2.05) is 0 Å². The summed E-state index contributed by atoms with van der Waals surface area (Å²) in [4.78, 5) is 0. The predicted octanol–water partition coefficient (Wildman–Crippen LogP) is 1.98. The van der Waals surface area contributed by atoms with Gasteiger partial charge in [-0.1, -0.05) is 20.8 Å². The molecule has 19 heavy (non-hydrogen) atoms. The molecule has 5 heteroatoms. The molecule has 0 spiro atoms. The number of hydrogen-bond acceptors (Lipinski definition) is 4. The molecule has 4 nitrogen and oxygen atoms in total. The maximum atomic E-state index is 11.5. The Hall–Kier alpha value is -0.130. The Balaban J connectivity index is 2.46. The van der Waals surface area contributed by atoms with Crippen molar-refractivity contribution in [1.82, 2.24) is 0 Å². The lowest BCUT2D eigenvalue weighted by Crippen LogP contribution is -2.45. The SMILES string of the molecule is CCS(=O)(=O)CCOC1(CN)CCC(C(C)C)CC1. The molecular formula is C14H29NO3S. The number of sulfone groups is 1. The van der Waals surface area contributed by atoms with E-state index in [-0.39, 0.29) is 23.7 Å². The van der Waals surface area contributed by atoms with Crippen LogP contribution in [0.15, 0.2) is 0 Å². The molecule has 0 aromatic heterocycles. The Morgan fingerprint density at radius 2 is 1.89 bits per heavy atom. The standard InChI is InChI=1S/C14H29NO3S/c1-4-19(16,17)10-9-18-14(11-15)7-5-13(6-8-14)12(2)3/h12-13H,4-11,15H2,1-3H3. The first-order valence-electron chi connectivity index (χ1n) is 7.38. The van der Waals surface area contributed by atoms with Crippen LogP contribution in [-0.2, 0) is 14.6 Å². The van der Waals surface area contributed by atoms with Crippen molar-refractivity contribution in [1.29, 1.82) is 0 Å². The highest BCUT2D eigenvalue weighted by molar-refractivity contribution is 7.91. The molecule has 0 bridgehead atoms. The van der Waals surface area contributed by atoms with Gasteiger partial charge in [0.25, 0.3) is 0 Å². The van der Waals surface area contributed by atoms with Crippen LogP contribution in [-0.4, -0.2) is 38.7 Å². The zero-order valence-electron chi connectivity index (χ0n) is 12.5. The summed E-state index contributed by atoms with van der Waals surface area (Å²) in [6.45, 7) is 6.95. The minimum atomic E-state index is -2.95. The van der Waals surface area contributed by atoms with E-state index in [4.69, 9.17) is 10.5 Å². The van der Waals surface area contributed by atoms with Gasteiger partial charge in [0.1, 0.15) is 0 Å². The Morgan fingerprint density at radius 3 is 2.32 bits per heavy atom. The summed E-state index contributed by atoms with van der Waals surface area (Å²) in [7, 11) is -2.95. The fourth-order valence-electron chi connectivity index (χ4n) is 2.77. The van der Waals surface area contributed by atoms with Crippen LogP contribution in [0.4, 0.5) is 0 Å². The third-order valence-corrected chi connectivity index (χ3v) is 6.17. The van der Waals surface area contributed by atoms with Crippen LogP contribution in [0, 0.1) is 11.8 Å². The molecule has 0 radical (unpaired) electrons. The van der Waals surface area contributed by atoms with E-state index in [1.54, 1.807) is 6.92 Å². The van der Waals surface area contributed by atoms with Crippen LogP contribution >= 0.6 is 0 Å². The van der Waals surface area contributed by atoms with Crippen molar-refractivity contribution in [3.8, 4) is 0 Å². The monoisotopic (exact) mass is 291 g/mol. The highest BCUT2D eigenvalue weighted by atomic mass is 32.2. The minimum absolute atomic E-state index is 0.110. The van der Waals surface area contributed by atoms with E-state index in [2.05, 4.69) is 13.8 Å². The molecule has 1 aliphatic rings. The van der Waals surface area contributed by atoms with Gasteiger partial charge in [0.15, 0.2) is 9.84 Å². The third-order valence-electron chi connectivity index (χ3n) is 4.50. The first-order valence-corrected chi connectivity index (χ1v) is 9.21. The first-order chi connectivity index (χ1) is 8.84. The molecule has 114 valence electrons. The molecule has 0 heterocycles. The Bertz CT molecular complexity index is 357. The van der Waals surface area contributed by atoms with Gasteiger partial charge in [-0.05, 0) is 37.5 Å². The minimum Gasteiger partial charge on any atom is -0.373 e. The zero-order valence-corrected chi connectivity index (χ0v) is 13.3. The van der Waals surface area contributed by atoms with Crippen molar-refractivity contribution in [3.05, 3.63) is 0 Å². The molecule has 2 N–H and O–H groups in total. The van der Waals surface area contributed by atoms with Crippen LogP contribution in [0.1, 0.15) is 46.5 Å². The van der Waals surface area contributed by atoms with E-state index < -0.39 is 9.84 Å². The molecule has 0 aromatic carbocycles. The van der Waals surface area contributed by atoms with Gasteiger partial charge in [0.05, 0.1) is 18.0 Å². The van der Waals surface area contributed by atoms with E-state index in [1.165, 1.54) is 0 Å². The molecule has 0 aliphatic heterocycles. The normalized spacial score (nSPS) is 28.8. The second-order valence-electron chi connectivity index (χ2n) is 6.05. The molecule has 1 aliphatic carbocycles. The summed E-state index contributed by atoms with van der Waals surface area (Å²) >= 11 is 0. The lowest BCUT2D eigenvalue weighted by Gasteiger charge is -2.40. The maximum absolute atomic E-state index is 11.5. The average molecular weight is 291 g/mol. The summed E-state index contributed by atoms with van der Waals surface area (Å²) in [5, 5.41) is 0. The lowest BCUT2D eigenvalue weighted by molar-refractivity contribution is -0.0683. The van der Waals surface area contributed by atoms with Crippen molar-refractivity contribution in [2.75, 3.05) is 24.7 Å². The molecule has 0 aromatic rings. The van der Waals surface area contributed by atoms with Gasteiger partial charge in [-0.15, -0.1) is 0 Å². The summed E-state index contributed by atoms with van der Waals surface area (Å²) in [5.74, 6) is 1.75. The summed E-state index contributed by atoms with van der Waals surface area (Å²) in [6.07, 6.45) is 4.18. The third kappa shape index (κ3) is 5.04. The second kappa shape index (κ2) is 7.04. The molecule has 1 saturated carbocycles. The number of nitrogens with two attached hydrogens (primary N) is 1. The molecular weight excluding hydrogens is 262 g/mol. The first kappa shape index (κ1) is 16.9. The summed E-state index contributed by atoms with van der Waals surface area (Å²) in [6, 6.07) is 0. The van der Waals surface area contributed by atoms with Crippen LogP contribution < -0.4 is 5.73 Å². The number of rotatable bonds is 7.